The van der Waals surface area contributed by atoms with Crippen molar-refractivity contribution in [2.24, 2.45) is 5.92 Å². The molecule has 0 N–H and O–H groups in total. The average Bonchev–Trinajstić information content (AvgIpc) is 3.94. The number of benzene rings is 5. The monoisotopic (exact) mass is 643 g/mol. The predicted octanol–water partition coefficient (Wildman–Crippen LogP) is 12.4. The minimum atomic E-state index is 0.323. The van der Waals surface area contributed by atoms with E-state index in [1.54, 1.807) is 5.56 Å². The summed E-state index contributed by atoms with van der Waals surface area (Å²) in [7, 11) is 0. The van der Waals surface area contributed by atoms with Gasteiger partial charge in [-0.1, -0.05) is 60.7 Å². The molecule has 8 aromatic heterocycles. The maximum absolute atomic E-state index is 2.74. The van der Waals surface area contributed by atoms with Crippen LogP contribution in [0.3, 0.4) is 0 Å². The summed E-state index contributed by atoms with van der Waals surface area (Å²) in [5, 5.41) is 18.0. The third-order valence-electron chi connectivity index (χ3n) is 14.0. The van der Waals surface area contributed by atoms with E-state index >= 15 is 0 Å². The second kappa shape index (κ2) is 7.26. The Morgan fingerprint density at radius 1 is 0.490 bits per heavy atom. The Labute approximate surface area is 288 Å². The number of rotatable bonds is 0. The van der Waals surface area contributed by atoms with Gasteiger partial charge in [-0.15, -0.1) is 0 Å². The smallest absolute Gasteiger partial charge is 0.0662 e. The van der Waals surface area contributed by atoms with Gasteiger partial charge in [0, 0.05) is 65.7 Å². The Bertz CT molecular complexity index is 3850. The molecule has 0 amide bonds. The van der Waals surface area contributed by atoms with E-state index < -0.39 is 0 Å². The zero-order valence-corrected chi connectivity index (χ0v) is 27.4. The quantitative estimate of drug-likeness (QED) is 0.115. The van der Waals surface area contributed by atoms with Crippen LogP contribution in [0.25, 0.3) is 120 Å². The van der Waals surface area contributed by atoms with Crippen LogP contribution in [0, 0.1) is 5.92 Å². The first-order valence-electron chi connectivity index (χ1n) is 18.5. The molecule has 3 aliphatic rings. The van der Waals surface area contributed by atoms with Crippen LogP contribution in [0.15, 0.2) is 115 Å². The normalized spacial score (nSPS) is 18.9. The second-order valence-electron chi connectivity index (χ2n) is 15.9. The zero-order valence-electron chi connectivity index (χ0n) is 27.4. The number of aromatic nitrogens is 3. The Morgan fingerprint density at radius 3 is 1.82 bits per heavy atom. The molecule has 13 aromatic rings. The van der Waals surface area contributed by atoms with Crippen LogP contribution in [0.4, 0.5) is 0 Å². The van der Waals surface area contributed by atoms with Gasteiger partial charge in [0.1, 0.15) is 0 Å². The number of nitrogens with zero attached hydrogens (tertiary/aromatic N) is 3. The highest BCUT2D eigenvalue weighted by Crippen LogP contribution is 2.60. The summed E-state index contributed by atoms with van der Waals surface area (Å²) < 4.78 is 8.10. The fourth-order valence-electron chi connectivity index (χ4n) is 12.4. The minimum Gasteiger partial charge on any atom is -0.312 e. The second-order valence-corrected chi connectivity index (χ2v) is 15.9. The lowest BCUT2D eigenvalue weighted by molar-refractivity contribution is 0.490. The van der Waals surface area contributed by atoms with Crippen molar-refractivity contribution in [1.29, 1.82) is 0 Å². The lowest BCUT2D eigenvalue weighted by Crippen LogP contribution is -2.26. The minimum absolute atomic E-state index is 0.323. The lowest BCUT2D eigenvalue weighted by Gasteiger charge is -2.40. The van der Waals surface area contributed by atoms with Crippen molar-refractivity contribution in [3.63, 3.8) is 0 Å². The highest BCUT2D eigenvalue weighted by Gasteiger charge is 2.42. The van der Waals surface area contributed by atoms with Crippen molar-refractivity contribution in [2.75, 3.05) is 0 Å². The molecule has 3 nitrogen and oxygen atoms in total. The van der Waals surface area contributed by atoms with Crippen LogP contribution < -0.4 is 0 Å². The summed E-state index contributed by atoms with van der Waals surface area (Å²) in [6.07, 6.45) is 9.76. The van der Waals surface area contributed by atoms with Crippen LogP contribution >= 0.6 is 0 Å². The Hall–Kier alpha value is -6.32. The van der Waals surface area contributed by atoms with Gasteiger partial charge in [0.05, 0.1) is 44.1 Å². The molecular formula is C48H25N3. The summed E-state index contributed by atoms with van der Waals surface area (Å²) in [6, 6.07) is 37.8. The molecule has 232 valence electrons. The molecule has 0 saturated carbocycles. The molecule has 0 radical (unpaired) electrons. The van der Waals surface area contributed by atoms with E-state index in [1.165, 1.54) is 137 Å². The number of fused-ring (bicyclic) bond motifs is 12. The summed E-state index contributed by atoms with van der Waals surface area (Å²) in [6.45, 7) is 0. The van der Waals surface area contributed by atoms with Crippen LogP contribution in [0.2, 0.25) is 0 Å². The Balaban J connectivity index is 1.38. The third kappa shape index (κ3) is 2.20. The van der Waals surface area contributed by atoms with E-state index in [4.69, 9.17) is 0 Å². The van der Waals surface area contributed by atoms with Gasteiger partial charge in [0.2, 0.25) is 0 Å². The van der Waals surface area contributed by atoms with Crippen molar-refractivity contribution >= 4 is 120 Å². The maximum atomic E-state index is 2.74. The molecule has 16 rings (SSSR count). The number of hydrogen-bond donors (Lipinski definition) is 0. The first kappa shape index (κ1) is 23.9. The molecule has 5 aromatic carbocycles. The van der Waals surface area contributed by atoms with Gasteiger partial charge in [0.15, 0.2) is 0 Å². The molecule has 0 saturated heterocycles. The molecular weight excluding hydrogens is 619 g/mol. The maximum Gasteiger partial charge on any atom is 0.0662 e. The first-order chi connectivity index (χ1) is 25.3. The highest BCUT2D eigenvalue weighted by atomic mass is 15.0. The van der Waals surface area contributed by atoms with Gasteiger partial charge in [-0.3, -0.25) is 0 Å². The largest absolute Gasteiger partial charge is 0.312 e. The van der Waals surface area contributed by atoms with E-state index in [9.17, 15) is 0 Å². The molecule has 0 bridgehead atoms. The van der Waals surface area contributed by atoms with Crippen molar-refractivity contribution in [2.45, 2.75) is 18.8 Å². The average molecular weight is 644 g/mol. The van der Waals surface area contributed by atoms with Gasteiger partial charge in [-0.05, 0) is 106 Å². The Morgan fingerprint density at radius 2 is 1.08 bits per heavy atom. The topological polar surface area (TPSA) is 13.2 Å². The predicted molar refractivity (Wildman–Crippen MR) is 213 cm³/mol. The summed E-state index contributed by atoms with van der Waals surface area (Å²) >= 11 is 0. The molecule has 3 heteroatoms. The molecule has 2 aliphatic carbocycles. The fraction of sp³-hybridized carbons (Fsp3) is 0.0833. The molecule has 2 unspecified atom stereocenters. The van der Waals surface area contributed by atoms with E-state index in [0.717, 1.165) is 6.42 Å². The molecule has 1 aliphatic heterocycles. The van der Waals surface area contributed by atoms with Crippen LogP contribution in [-0.2, 0) is 0 Å². The van der Waals surface area contributed by atoms with E-state index in [1.807, 2.05) is 0 Å². The van der Waals surface area contributed by atoms with Crippen molar-refractivity contribution in [1.82, 2.24) is 13.2 Å². The molecule has 0 spiro atoms. The molecule has 51 heavy (non-hydrogen) atoms. The zero-order chi connectivity index (χ0) is 32.2. The summed E-state index contributed by atoms with van der Waals surface area (Å²) in [5.41, 5.74) is 16.8. The highest BCUT2D eigenvalue weighted by molar-refractivity contribution is 6.47. The van der Waals surface area contributed by atoms with Gasteiger partial charge in [0.25, 0.3) is 0 Å². The number of allylic oxidation sites excluding steroid dienone is 3. The fourth-order valence-corrected chi connectivity index (χ4v) is 12.4. The van der Waals surface area contributed by atoms with E-state index in [2.05, 4.69) is 128 Å². The summed E-state index contributed by atoms with van der Waals surface area (Å²) in [5.74, 6) is 0.802. The molecule has 2 atom stereocenters. The van der Waals surface area contributed by atoms with Crippen LogP contribution in [-0.4, -0.2) is 13.2 Å². The first-order valence-corrected chi connectivity index (χ1v) is 18.5. The van der Waals surface area contributed by atoms with Crippen molar-refractivity contribution in [3.8, 4) is 0 Å². The number of hydrogen-bond acceptors (Lipinski definition) is 0. The number of pyridine rings is 5. The van der Waals surface area contributed by atoms with Gasteiger partial charge in [-0.25, -0.2) is 0 Å². The van der Waals surface area contributed by atoms with Crippen LogP contribution in [0.1, 0.15) is 35.6 Å². The molecule has 9 heterocycles. The van der Waals surface area contributed by atoms with E-state index in [0.29, 0.717) is 11.8 Å². The third-order valence-corrected chi connectivity index (χ3v) is 14.0. The summed E-state index contributed by atoms with van der Waals surface area (Å²) in [4.78, 5) is 0. The van der Waals surface area contributed by atoms with Crippen LogP contribution in [0.5, 0.6) is 0 Å². The van der Waals surface area contributed by atoms with Gasteiger partial charge in [-0.2, -0.15) is 0 Å². The standard InChI is InChI=1S/C48H25N3/c1-4-10-25-22(7-1)19-28-31-13-17-35-38-26-11-5-2-9-24(26)21-30-33-15-18-36-39-27-12-6-3-8-23(27)20-29-32-14-16-34-37(25)40(28)43-46(49(31)35)44(42(30)38)48(51(33)36)45(41(29)39)47(43)50(32)34/h1-5,7-11,13-21,27,39H,6,12H2. The van der Waals surface area contributed by atoms with E-state index in [-0.39, 0.29) is 0 Å². The SMILES string of the molecule is C1=CC2=Cc3c4c5c6c7c8c(cc9ccccc9c8c8ccc9c%10cc%11ccccc%11c%11c%10c(c5n5c3ccc%115)c7n98)c3ccc(n36)C4C2CC1. The van der Waals surface area contributed by atoms with Gasteiger partial charge < -0.3 is 13.2 Å². The van der Waals surface area contributed by atoms with Gasteiger partial charge >= 0.3 is 0 Å². The lowest BCUT2D eigenvalue weighted by atomic mass is 9.67. The van der Waals surface area contributed by atoms with Crippen molar-refractivity contribution in [3.05, 3.63) is 132 Å². The molecule has 0 fully saturated rings. The van der Waals surface area contributed by atoms with Crippen molar-refractivity contribution < 1.29 is 0 Å². The Kier molecular flexibility index (Phi) is 3.41.